The van der Waals surface area contributed by atoms with Gasteiger partial charge in [0.2, 0.25) is 10.0 Å². The van der Waals surface area contributed by atoms with Crippen LogP contribution in [0.4, 0.5) is 4.39 Å². The van der Waals surface area contributed by atoms with Gasteiger partial charge in [0.05, 0.1) is 12.3 Å². The van der Waals surface area contributed by atoms with Gasteiger partial charge in [-0.15, -0.1) is 0 Å². The molecule has 0 spiro atoms. The number of hydrogen-bond donors (Lipinski definition) is 2. The Morgan fingerprint density at radius 2 is 1.87 bits per heavy atom. The first-order valence-electron chi connectivity index (χ1n) is 13.6. The third-order valence-electron chi connectivity index (χ3n) is 8.09. The molecule has 2 aliphatic heterocycles. The van der Waals surface area contributed by atoms with Crippen LogP contribution in [-0.4, -0.2) is 69.2 Å². The van der Waals surface area contributed by atoms with Gasteiger partial charge in [-0.05, 0) is 73.4 Å². The van der Waals surface area contributed by atoms with Crippen molar-refractivity contribution in [2.45, 2.75) is 63.1 Å². The first-order chi connectivity index (χ1) is 18.6. The highest BCUT2D eigenvalue weighted by molar-refractivity contribution is 7.88. The summed E-state index contributed by atoms with van der Waals surface area (Å²) < 4.78 is 47.1. The average molecular weight is 580 g/mol. The van der Waals surface area contributed by atoms with Crippen molar-refractivity contribution in [2.75, 3.05) is 32.6 Å². The lowest BCUT2D eigenvalue weighted by atomic mass is 9.75. The zero-order valence-electron chi connectivity index (χ0n) is 22.6. The fourth-order valence-corrected chi connectivity index (χ4v) is 7.80. The highest BCUT2D eigenvalue weighted by Gasteiger charge is 2.36. The summed E-state index contributed by atoms with van der Waals surface area (Å²) in [4.78, 5) is 13.6. The molecule has 4 atom stereocenters. The largest absolute Gasteiger partial charge is 0.381 e. The number of ketones is 1. The monoisotopic (exact) mass is 579 g/mol. The van der Waals surface area contributed by atoms with Crippen molar-refractivity contribution in [2.24, 2.45) is 11.7 Å². The number of nitrogens with two attached hydrogens (primary N) is 1. The highest BCUT2D eigenvalue weighted by Crippen LogP contribution is 2.35. The summed E-state index contributed by atoms with van der Waals surface area (Å²) in [6.45, 7) is 4.19. The van der Waals surface area contributed by atoms with Crippen molar-refractivity contribution in [3.05, 3.63) is 70.0 Å². The standard InChI is InChI=1S/C29H39ClFN3O4S/c1-19-17-33-18-24(34(19)39(2,36)37)10-11-25-22(4-3-5-26(25)31)16-27(35)29(32)28(21-12-14-38-15-13-21)20-6-8-23(30)9-7-20/h3-9,19,21,24,28-29,33H,10-18,32H2,1-2H3/t19-,24-,28-,29+/m0/s1. The van der Waals surface area contributed by atoms with E-state index in [1.165, 1.54) is 16.6 Å². The Labute approximate surface area is 236 Å². The fourth-order valence-electron chi connectivity index (χ4n) is 6.22. The Morgan fingerprint density at radius 1 is 1.18 bits per heavy atom. The van der Waals surface area contributed by atoms with Gasteiger partial charge in [-0.1, -0.05) is 35.9 Å². The molecule has 0 radical (unpaired) electrons. The molecule has 10 heteroatoms. The molecule has 0 saturated carbocycles. The summed E-state index contributed by atoms with van der Waals surface area (Å²) in [6, 6.07) is 11.0. The van der Waals surface area contributed by atoms with E-state index < -0.39 is 21.9 Å². The van der Waals surface area contributed by atoms with Crippen molar-refractivity contribution in [1.29, 1.82) is 0 Å². The third-order valence-corrected chi connectivity index (χ3v) is 9.77. The van der Waals surface area contributed by atoms with Crippen molar-refractivity contribution in [3.63, 3.8) is 0 Å². The molecule has 0 aromatic heterocycles. The summed E-state index contributed by atoms with van der Waals surface area (Å²) in [6.07, 6.45) is 3.60. The molecule has 2 fully saturated rings. The SMILES string of the molecule is C[C@H]1CNC[C@H](CCc2c(F)cccc2CC(=O)[C@@H](N)[C@@H](c2ccc(Cl)cc2)C2CCOCC2)N1S(C)(=O)=O. The van der Waals surface area contributed by atoms with Crippen LogP contribution in [0, 0.1) is 11.7 Å². The Balaban J connectivity index is 1.53. The Morgan fingerprint density at radius 3 is 2.54 bits per heavy atom. The second-order valence-electron chi connectivity index (χ2n) is 10.9. The number of Topliss-reactive ketones (excluding diaryl/α,β-unsaturated/α-hetero) is 1. The predicted molar refractivity (Wildman–Crippen MR) is 152 cm³/mol. The molecule has 4 rings (SSSR count). The van der Waals surface area contributed by atoms with Crippen molar-refractivity contribution >= 4 is 27.4 Å². The van der Waals surface area contributed by atoms with Gasteiger partial charge in [-0.2, -0.15) is 4.31 Å². The molecule has 39 heavy (non-hydrogen) atoms. The van der Waals surface area contributed by atoms with Gasteiger partial charge < -0.3 is 15.8 Å². The first-order valence-corrected chi connectivity index (χ1v) is 15.9. The third kappa shape index (κ3) is 7.45. The molecule has 0 aliphatic carbocycles. The molecule has 2 saturated heterocycles. The number of ether oxygens (including phenoxy) is 1. The Kier molecular flexibility index (Phi) is 10.2. The van der Waals surface area contributed by atoms with E-state index >= 15 is 4.39 Å². The molecule has 2 aromatic carbocycles. The first kappa shape index (κ1) is 30.1. The van der Waals surface area contributed by atoms with E-state index in [2.05, 4.69) is 5.32 Å². The number of carbonyl (C=O) groups excluding carboxylic acids is 1. The van der Waals surface area contributed by atoms with E-state index in [-0.39, 0.29) is 36.1 Å². The van der Waals surface area contributed by atoms with Crippen LogP contribution in [0.25, 0.3) is 0 Å². The second-order valence-corrected chi connectivity index (χ2v) is 13.2. The van der Waals surface area contributed by atoms with Crippen LogP contribution in [0.3, 0.4) is 0 Å². The molecule has 2 heterocycles. The number of sulfonamides is 1. The minimum atomic E-state index is -3.42. The number of hydrogen-bond acceptors (Lipinski definition) is 6. The molecule has 3 N–H and O–H groups in total. The molecule has 0 bridgehead atoms. The molecular weight excluding hydrogens is 541 g/mol. The van der Waals surface area contributed by atoms with Gasteiger partial charge >= 0.3 is 0 Å². The van der Waals surface area contributed by atoms with Crippen molar-refractivity contribution < 1.29 is 22.3 Å². The lowest BCUT2D eigenvalue weighted by molar-refractivity contribution is -0.120. The van der Waals surface area contributed by atoms with Crippen LogP contribution in [0.15, 0.2) is 42.5 Å². The zero-order chi connectivity index (χ0) is 28.2. The van der Waals surface area contributed by atoms with Crippen LogP contribution in [0.2, 0.25) is 5.02 Å². The van der Waals surface area contributed by atoms with Gasteiger partial charge in [0.15, 0.2) is 5.78 Å². The fraction of sp³-hybridized carbons (Fsp3) is 0.552. The van der Waals surface area contributed by atoms with E-state index in [1.54, 1.807) is 12.1 Å². The number of nitrogens with zero attached hydrogens (tertiary/aromatic N) is 1. The summed E-state index contributed by atoms with van der Waals surface area (Å²) in [7, 11) is -3.42. The van der Waals surface area contributed by atoms with Gasteiger partial charge in [-0.25, -0.2) is 12.8 Å². The van der Waals surface area contributed by atoms with Crippen LogP contribution in [-0.2, 0) is 32.4 Å². The number of piperazine rings is 1. The minimum absolute atomic E-state index is 0.0106. The van der Waals surface area contributed by atoms with Gasteiger partial charge in [0.25, 0.3) is 0 Å². The van der Waals surface area contributed by atoms with E-state index in [0.717, 1.165) is 18.4 Å². The van der Waals surface area contributed by atoms with Gasteiger partial charge in [0.1, 0.15) is 5.82 Å². The summed E-state index contributed by atoms with van der Waals surface area (Å²) in [5.41, 5.74) is 8.68. The normalized spacial score (nSPS) is 22.9. The quantitative estimate of drug-likeness (QED) is 0.445. The predicted octanol–water partition coefficient (Wildman–Crippen LogP) is 3.68. The number of carbonyl (C=O) groups is 1. The maximum Gasteiger partial charge on any atom is 0.211 e. The lowest BCUT2D eigenvalue weighted by Gasteiger charge is -2.39. The van der Waals surface area contributed by atoms with Crippen molar-refractivity contribution in [1.82, 2.24) is 9.62 Å². The minimum Gasteiger partial charge on any atom is -0.381 e. The number of halogens is 2. The molecular formula is C29H39ClFN3O4S. The molecule has 2 aromatic rings. The van der Waals surface area contributed by atoms with Gasteiger partial charge in [0, 0.05) is 55.7 Å². The van der Waals surface area contributed by atoms with Crippen LogP contribution < -0.4 is 11.1 Å². The number of rotatable bonds is 10. The second kappa shape index (κ2) is 13.2. The van der Waals surface area contributed by atoms with Gasteiger partial charge in [-0.3, -0.25) is 4.79 Å². The van der Waals surface area contributed by atoms with Crippen LogP contribution >= 0.6 is 11.6 Å². The number of nitrogens with one attached hydrogen (secondary N) is 1. The molecule has 214 valence electrons. The smallest absolute Gasteiger partial charge is 0.211 e. The maximum atomic E-state index is 15.1. The summed E-state index contributed by atoms with van der Waals surface area (Å²) >= 11 is 6.12. The number of benzene rings is 2. The molecule has 0 amide bonds. The molecule has 2 aliphatic rings. The lowest BCUT2D eigenvalue weighted by Crippen LogP contribution is -2.58. The Bertz CT molecular complexity index is 1240. The van der Waals surface area contributed by atoms with E-state index in [0.29, 0.717) is 55.3 Å². The Hall–Kier alpha value is -1.88. The van der Waals surface area contributed by atoms with E-state index in [4.69, 9.17) is 22.1 Å². The van der Waals surface area contributed by atoms with E-state index in [9.17, 15) is 13.2 Å². The summed E-state index contributed by atoms with van der Waals surface area (Å²) in [5, 5.41) is 3.89. The van der Waals surface area contributed by atoms with Crippen LogP contribution in [0.5, 0.6) is 0 Å². The molecule has 0 unspecified atom stereocenters. The highest BCUT2D eigenvalue weighted by atomic mass is 35.5. The average Bonchev–Trinajstić information content (AvgIpc) is 2.89. The van der Waals surface area contributed by atoms with Crippen molar-refractivity contribution in [3.8, 4) is 0 Å². The van der Waals surface area contributed by atoms with Crippen LogP contribution in [0.1, 0.15) is 48.8 Å². The zero-order valence-corrected chi connectivity index (χ0v) is 24.2. The summed E-state index contributed by atoms with van der Waals surface area (Å²) in [5.74, 6) is -0.559. The van der Waals surface area contributed by atoms with E-state index in [1.807, 2.05) is 31.2 Å². The topological polar surface area (TPSA) is 102 Å². The molecule has 7 nitrogen and oxygen atoms in total. The maximum absolute atomic E-state index is 15.1.